The van der Waals surface area contributed by atoms with Crippen molar-refractivity contribution in [3.63, 3.8) is 0 Å². The van der Waals surface area contributed by atoms with Gasteiger partial charge in [-0.3, -0.25) is 4.79 Å². The third-order valence-electron chi connectivity index (χ3n) is 4.28. The molecule has 0 saturated carbocycles. The quantitative estimate of drug-likeness (QED) is 0.424. The molecule has 0 radical (unpaired) electrons. The van der Waals surface area contributed by atoms with Crippen molar-refractivity contribution in [1.82, 2.24) is 5.32 Å². The Hall–Kier alpha value is -1.55. The van der Waals surface area contributed by atoms with E-state index in [9.17, 15) is 18.0 Å². The van der Waals surface area contributed by atoms with Crippen LogP contribution in [0.4, 0.5) is 18.9 Å². The summed E-state index contributed by atoms with van der Waals surface area (Å²) in [5, 5.41) is 5.66. The lowest BCUT2D eigenvalue weighted by Crippen LogP contribution is -2.26. The second kappa shape index (κ2) is 9.97. The molecule has 0 aromatic heterocycles. The van der Waals surface area contributed by atoms with Gasteiger partial charge in [-0.2, -0.15) is 13.2 Å². The lowest BCUT2D eigenvalue weighted by Gasteiger charge is -2.24. The number of carbonyl (C=O) groups excluding carboxylic acids is 1. The topological polar surface area (TPSA) is 67.1 Å². The van der Waals surface area contributed by atoms with Crippen LogP contribution < -0.4 is 16.4 Å². The van der Waals surface area contributed by atoms with Crippen molar-refractivity contribution in [2.45, 2.75) is 36.2 Å². The summed E-state index contributed by atoms with van der Waals surface area (Å²) in [4.78, 5) is 13.7. The molecule has 158 valence electrons. The summed E-state index contributed by atoms with van der Waals surface area (Å²) in [6.45, 7) is 1.44. The minimum atomic E-state index is -4.49. The Kier molecular flexibility index (Phi) is 8.16. The highest BCUT2D eigenvalue weighted by atomic mass is 79.9. The summed E-state index contributed by atoms with van der Waals surface area (Å²) in [5.74, 6) is -0.336. The molecule has 4 nitrogen and oxygen atoms in total. The van der Waals surface area contributed by atoms with Crippen molar-refractivity contribution >= 4 is 39.3 Å². The van der Waals surface area contributed by atoms with Gasteiger partial charge in [0.15, 0.2) is 0 Å². The largest absolute Gasteiger partial charge is 0.416 e. The summed E-state index contributed by atoms with van der Waals surface area (Å²) in [6.07, 6.45) is -3.87. The van der Waals surface area contributed by atoms with E-state index in [1.54, 1.807) is 0 Å². The van der Waals surface area contributed by atoms with E-state index in [2.05, 4.69) is 26.6 Å². The van der Waals surface area contributed by atoms with Crippen LogP contribution in [-0.2, 0) is 17.4 Å². The Morgan fingerprint density at radius 3 is 2.62 bits per heavy atom. The van der Waals surface area contributed by atoms with E-state index >= 15 is 0 Å². The smallest absolute Gasteiger partial charge is 0.329 e. The zero-order chi connectivity index (χ0) is 20.3. The third-order valence-corrected chi connectivity index (χ3v) is 5.95. The van der Waals surface area contributed by atoms with E-state index in [0.29, 0.717) is 36.5 Å². The summed E-state index contributed by atoms with van der Waals surface area (Å²) in [7, 11) is 0. The molecule has 1 heterocycles. The molecular formula is C20H23BrF3N3OS. The van der Waals surface area contributed by atoms with Crippen molar-refractivity contribution in [3.05, 3.63) is 51.5 Å². The minimum absolute atomic E-state index is 0. The predicted octanol–water partition coefficient (Wildman–Crippen LogP) is 5.04. The van der Waals surface area contributed by atoms with E-state index < -0.39 is 11.7 Å². The number of amides is 1. The van der Waals surface area contributed by atoms with Crippen LogP contribution in [0.5, 0.6) is 0 Å². The predicted molar refractivity (Wildman–Crippen MR) is 114 cm³/mol. The lowest BCUT2D eigenvalue weighted by molar-refractivity contribution is -0.137. The Morgan fingerprint density at radius 1 is 1.17 bits per heavy atom. The molecule has 0 unspecified atom stereocenters. The second-order valence-corrected chi connectivity index (χ2v) is 8.37. The lowest BCUT2D eigenvalue weighted by atomic mass is 10.00. The standard InChI is InChI=1S/C19H19BrF3N3OS.CH4/c20-13-2-1-11-7-14-15(26-18(27)3-5-25-6-4-24)8-12(19(21,22)23)9-17(14)28-16(11)10-13;/h1-2,8-10,25H,3-7,24H2,(H,26,27);1H4. The van der Waals surface area contributed by atoms with Gasteiger partial charge in [0.05, 0.1) is 5.56 Å². The van der Waals surface area contributed by atoms with E-state index in [1.165, 1.54) is 11.8 Å². The fraction of sp³-hybridized carbons (Fsp3) is 0.350. The first-order valence-corrected chi connectivity index (χ1v) is 10.3. The molecule has 4 N–H and O–H groups in total. The molecule has 0 saturated heterocycles. The fourth-order valence-electron chi connectivity index (χ4n) is 2.91. The molecule has 0 fully saturated rings. The molecule has 3 rings (SSSR count). The zero-order valence-corrected chi connectivity index (χ0v) is 17.2. The molecule has 0 spiro atoms. The molecule has 1 aliphatic heterocycles. The number of fused-ring (bicyclic) bond motifs is 2. The number of anilines is 1. The molecule has 0 aliphatic carbocycles. The van der Waals surface area contributed by atoms with Gasteiger partial charge in [-0.1, -0.05) is 41.2 Å². The van der Waals surface area contributed by atoms with Crippen molar-refractivity contribution in [2.24, 2.45) is 5.73 Å². The molecule has 1 aliphatic rings. The van der Waals surface area contributed by atoms with Crippen LogP contribution >= 0.6 is 27.7 Å². The molecule has 0 bridgehead atoms. The highest BCUT2D eigenvalue weighted by molar-refractivity contribution is 9.10. The Labute approximate surface area is 180 Å². The first kappa shape index (κ1) is 23.7. The number of hydrogen-bond acceptors (Lipinski definition) is 4. The Bertz CT molecular complexity index is 890. The number of nitrogens with one attached hydrogen (secondary N) is 2. The van der Waals surface area contributed by atoms with Crippen LogP contribution in [0.15, 0.2) is 44.6 Å². The van der Waals surface area contributed by atoms with Gasteiger partial charge in [0.2, 0.25) is 5.91 Å². The summed E-state index contributed by atoms with van der Waals surface area (Å²) >= 11 is 4.68. The van der Waals surface area contributed by atoms with Crippen LogP contribution in [0, 0.1) is 0 Å². The maximum atomic E-state index is 13.4. The Balaban J connectivity index is 0.00000300. The molecule has 0 atom stereocenters. The van der Waals surface area contributed by atoms with Gasteiger partial charge in [0.25, 0.3) is 0 Å². The number of halogens is 4. The van der Waals surface area contributed by atoms with Gasteiger partial charge in [0, 0.05) is 52.4 Å². The van der Waals surface area contributed by atoms with Crippen molar-refractivity contribution in [2.75, 3.05) is 25.0 Å². The fourth-order valence-corrected chi connectivity index (χ4v) is 4.61. The highest BCUT2D eigenvalue weighted by Crippen LogP contribution is 2.46. The number of rotatable bonds is 6. The first-order chi connectivity index (χ1) is 13.3. The number of benzene rings is 2. The third kappa shape index (κ3) is 5.97. The number of nitrogens with two attached hydrogens (primary N) is 1. The van der Waals surface area contributed by atoms with E-state index in [0.717, 1.165) is 27.1 Å². The highest BCUT2D eigenvalue weighted by Gasteiger charge is 2.33. The average Bonchev–Trinajstić information content (AvgIpc) is 2.63. The second-order valence-electron chi connectivity index (χ2n) is 6.37. The van der Waals surface area contributed by atoms with Gasteiger partial charge in [0.1, 0.15) is 0 Å². The monoisotopic (exact) mass is 489 g/mol. The summed E-state index contributed by atoms with van der Waals surface area (Å²) in [6, 6.07) is 7.91. The molecule has 9 heteroatoms. The maximum Gasteiger partial charge on any atom is 0.416 e. The SMILES string of the molecule is C.NCCNCCC(=O)Nc1cc(C(F)(F)F)cc2c1Cc1ccc(Br)cc1S2. The van der Waals surface area contributed by atoms with Gasteiger partial charge >= 0.3 is 6.18 Å². The number of carbonyl (C=O) groups is 1. The summed E-state index contributed by atoms with van der Waals surface area (Å²) in [5.41, 5.74) is 6.54. The van der Waals surface area contributed by atoms with Crippen molar-refractivity contribution in [3.8, 4) is 0 Å². The number of alkyl halides is 3. The van der Waals surface area contributed by atoms with Crippen LogP contribution in [0.25, 0.3) is 0 Å². The first-order valence-electron chi connectivity index (χ1n) is 8.69. The van der Waals surface area contributed by atoms with E-state index in [4.69, 9.17) is 5.73 Å². The van der Waals surface area contributed by atoms with E-state index in [1.807, 2.05) is 18.2 Å². The normalized spacial score (nSPS) is 12.6. The molecular weight excluding hydrogens is 467 g/mol. The minimum Gasteiger partial charge on any atom is -0.329 e. The summed E-state index contributed by atoms with van der Waals surface area (Å²) < 4.78 is 41.0. The molecule has 2 aromatic rings. The molecule has 1 amide bonds. The van der Waals surface area contributed by atoms with Crippen LogP contribution in [0.3, 0.4) is 0 Å². The number of hydrogen-bond donors (Lipinski definition) is 3. The molecule has 29 heavy (non-hydrogen) atoms. The zero-order valence-electron chi connectivity index (χ0n) is 14.8. The van der Waals surface area contributed by atoms with Crippen molar-refractivity contribution < 1.29 is 18.0 Å². The van der Waals surface area contributed by atoms with Crippen LogP contribution in [-0.4, -0.2) is 25.5 Å². The maximum absolute atomic E-state index is 13.4. The van der Waals surface area contributed by atoms with Gasteiger partial charge < -0.3 is 16.4 Å². The van der Waals surface area contributed by atoms with Crippen molar-refractivity contribution in [1.29, 1.82) is 0 Å². The van der Waals surface area contributed by atoms with Gasteiger partial charge in [-0.15, -0.1) is 0 Å². The van der Waals surface area contributed by atoms with Crippen LogP contribution in [0.1, 0.15) is 30.5 Å². The van der Waals surface area contributed by atoms with Crippen LogP contribution in [0.2, 0.25) is 0 Å². The average molecular weight is 490 g/mol. The van der Waals surface area contributed by atoms with E-state index in [-0.39, 0.29) is 25.4 Å². The molecule has 2 aromatic carbocycles. The Morgan fingerprint density at radius 2 is 1.93 bits per heavy atom. The van der Waals surface area contributed by atoms with Gasteiger partial charge in [-0.05, 0) is 35.4 Å². The van der Waals surface area contributed by atoms with Gasteiger partial charge in [-0.25, -0.2) is 0 Å².